The van der Waals surface area contributed by atoms with Crippen LogP contribution in [0.2, 0.25) is 0 Å². The smallest absolute Gasteiger partial charge is 0.255 e. The van der Waals surface area contributed by atoms with E-state index in [2.05, 4.69) is 21.7 Å². The van der Waals surface area contributed by atoms with Crippen molar-refractivity contribution in [1.29, 1.82) is 5.26 Å². The normalized spacial score (nSPS) is 10.2. The molecule has 2 amide bonds. The maximum absolute atomic E-state index is 13.4. The average Bonchev–Trinajstić information content (AvgIpc) is 2.78. The number of hydrogen-bond acceptors (Lipinski definition) is 5. The molecule has 1 aromatic heterocycles. The van der Waals surface area contributed by atoms with Gasteiger partial charge in [-0.15, -0.1) is 0 Å². The highest BCUT2D eigenvalue weighted by Crippen LogP contribution is 2.25. The highest BCUT2D eigenvalue weighted by atomic mass is 19.1. The zero-order valence-corrected chi connectivity index (χ0v) is 17.3. The molecule has 7 nitrogen and oxygen atoms in total. The quantitative estimate of drug-likeness (QED) is 0.481. The molecule has 8 heteroatoms. The molecule has 0 saturated carbocycles. The predicted octanol–water partition coefficient (Wildman–Crippen LogP) is 3.02. The molecular formula is C24H22FN5O2. The molecule has 0 saturated heterocycles. The van der Waals surface area contributed by atoms with Crippen LogP contribution in [-0.2, 0) is 11.2 Å². The van der Waals surface area contributed by atoms with Gasteiger partial charge in [-0.1, -0.05) is 30.3 Å². The van der Waals surface area contributed by atoms with Crippen LogP contribution in [0.4, 0.5) is 10.2 Å². The number of halogens is 1. The zero-order valence-electron chi connectivity index (χ0n) is 17.3. The van der Waals surface area contributed by atoms with E-state index in [0.717, 1.165) is 5.56 Å². The zero-order chi connectivity index (χ0) is 22.9. The highest BCUT2D eigenvalue weighted by molar-refractivity contribution is 5.99. The number of nitrogens with two attached hydrogens (primary N) is 1. The van der Waals surface area contributed by atoms with Gasteiger partial charge in [0.25, 0.3) is 5.91 Å². The van der Waals surface area contributed by atoms with Crippen molar-refractivity contribution in [3.05, 3.63) is 83.2 Å². The van der Waals surface area contributed by atoms with Crippen molar-refractivity contribution in [3.8, 4) is 17.3 Å². The van der Waals surface area contributed by atoms with Crippen LogP contribution in [0.3, 0.4) is 0 Å². The summed E-state index contributed by atoms with van der Waals surface area (Å²) in [4.78, 5) is 28.2. The van der Waals surface area contributed by atoms with Crippen molar-refractivity contribution >= 4 is 17.6 Å². The summed E-state index contributed by atoms with van der Waals surface area (Å²) in [5, 5.41) is 15.2. The number of pyridine rings is 1. The molecule has 0 aliphatic heterocycles. The molecule has 3 aromatic rings. The minimum Gasteiger partial charge on any atom is -0.370 e. The van der Waals surface area contributed by atoms with Crippen LogP contribution >= 0.6 is 0 Å². The molecule has 0 atom stereocenters. The molecule has 0 bridgehead atoms. The lowest BCUT2D eigenvalue weighted by Crippen LogP contribution is -2.29. The molecule has 0 aliphatic carbocycles. The van der Waals surface area contributed by atoms with Gasteiger partial charge >= 0.3 is 0 Å². The standard InChI is InChI=1S/C24H22FN5O2/c25-18-6-3-4-16(14-18)10-12-28-23-20(24(32)29-13-11-22(27)31)8-9-21(30-23)19-7-2-1-5-17(19)15-26/h1-9,14H,10-13H2,(H2,27,31)(H,28,30)(H,29,32). The Hall–Kier alpha value is -4.25. The van der Waals surface area contributed by atoms with Crippen LogP contribution in [0, 0.1) is 17.1 Å². The summed E-state index contributed by atoms with van der Waals surface area (Å²) >= 11 is 0. The van der Waals surface area contributed by atoms with Crippen LogP contribution in [0.25, 0.3) is 11.3 Å². The number of benzene rings is 2. The molecule has 0 spiro atoms. The minimum atomic E-state index is -0.514. The fraction of sp³-hybridized carbons (Fsp3) is 0.167. The Bertz CT molecular complexity index is 1170. The van der Waals surface area contributed by atoms with Crippen LogP contribution < -0.4 is 16.4 Å². The Morgan fingerprint density at radius 3 is 2.62 bits per heavy atom. The Morgan fingerprint density at radius 1 is 1.06 bits per heavy atom. The summed E-state index contributed by atoms with van der Waals surface area (Å²) in [5.41, 5.74) is 7.84. The molecule has 0 radical (unpaired) electrons. The molecule has 0 fully saturated rings. The third-order valence-electron chi connectivity index (χ3n) is 4.72. The first-order valence-electron chi connectivity index (χ1n) is 10.0. The van der Waals surface area contributed by atoms with Crippen molar-refractivity contribution in [3.63, 3.8) is 0 Å². The summed E-state index contributed by atoms with van der Waals surface area (Å²) in [6, 6.07) is 18.7. The van der Waals surface area contributed by atoms with Crippen molar-refractivity contribution in [2.45, 2.75) is 12.8 Å². The summed E-state index contributed by atoms with van der Waals surface area (Å²) in [6.07, 6.45) is 0.538. The van der Waals surface area contributed by atoms with E-state index in [1.54, 1.807) is 42.5 Å². The third kappa shape index (κ3) is 5.89. The second-order valence-corrected chi connectivity index (χ2v) is 7.03. The number of carbonyl (C=O) groups excluding carboxylic acids is 2. The molecule has 3 rings (SSSR count). The maximum atomic E-state index is 13.4. The number of nitrogens with zero attached hydrogens (tertiary/aromatic N) is 2. The number of nitriles is 1. The maximum Gasteiger partial charge on any atom is 0.255 e. The second kappa shape index (κ2) is 10.7. The van der Waals surface area contributed by atoms with Gasteiger partial charge in [-0.25, -0.2) is 9.37 Å². The Kier molecular flexibility index (Phi) is 7.49. The summed E-state index contributed by atoms with van der Waals surface area (Å²) in [6.45, 7) is 0.511. The second-order valence-electron chi connectivity index (χ2n) is 7.03. The van der Waals surface area contributed by atoms with Crippen molar-refractivity contribution in [2.24, 2.45) is 5.73 Å². The number of aromatic nitrogens is 1. The van der Waals surface area contributed by atoms with E-state index >= 15 is 0 Å². The first kappa shape index (κ1) is 22.4. The molecule has 0 unspecified atom stereocenters. The summed E-state index contributed by atoms with van der Waals surface area (Å²) < 4.78 is 13.4. The van der Waals surface area contributed by atoms with Gasteiger partial charge in [0.05, 0.1) is 22.9 Å². The Balaban J connectivity index is 1.85. The van der Waals surface area contributed by atoms with Crippen LogP contribution in [0.5, 0.6) is 0 Å². The van der Waals surface area contributed by atoms with E-state index in [0.29, 0.717) is 35.6 Å². The largest absolute Gasteiger partial charge is 0.370 e. The lowest BCUT2D eigenvalue weighted by atomic mass is 10.0. The topological polar surface area (TPSA) is 121 Å². The minimum absolute atomic E-state index is 0.0229. The number of rotatable bonds is 9. The molecule has 32 heavy (non-hydrogen) atoms. The Morgan fingerprint density at radius 2 is 1.88 bits per heavy atom. The first-order chi connectivity index (χ1) is 15.5. The number of primary amides is 1. The van der Waals surface area contributed by atoms with Crippen LogP contribution in [0.1, 0.15) is 27.9 Å². The predicted molar refractivity (Wildman–Crippen MR) is 119 cm³/mol. The van der Waals surface area contributed by atoms with Gasteiger partial charge in [0, 0.05) is 25.1 Å². The van der Waals surface area contributed by atoms with E-state index < -0.39 is 11.8 Å². The SMILES string of the molecule is N#Cc1ccccc1-c1ccc(C(=O)NCCC(N)=O)c(NCCc2cccc(F)c2)n1. The van der Waals surface area contributed by atoms with Crippen molar-refractivity contribution in [1.82, 2.24) is 10.3 Å². The molecule has 162 valence electrons. The molecule has 0 aliphatic rings. The number of anilines is 1. The average molecular weight is 431 g/mol. The van der Waals surface area contributed by atoms with Gasteiger partial charge in [-0.3, -0.25) is 9.59 Å². The van der Waals surface area contributed by atoms with E-state index in [1.165, 1.54) is 12.1 Å². The lowest BCUT2D eigenvalue weighted by molar-refractivity contribution is -0.117. The number of amides is 2. The van der Waals surface area contributed by atoms with Gasteiger partial charge in [0.2, 0.25) is 5.91 Å². The summed E-state index contributed by atoms with van der Waals surface area (Å²) in [7, 11) is 0. The fourth-order valence-electron chi connectivity index (χ4n) is 3.14. The number of hydrogen-bond donors (Lipinski definition) is 3. The van der Waals surface area contributed by atoms with Gasteiger partial charge in [-0.2, -0.15) is 5.26 Å². The first-order valence-corrected chi connectivity index (χ1v) is 10.0. The fourth-order valence-corrected chi connectivity index (χ4v) is 3.14. The van der Waals surface area contributed by atoms with Crippen LogP contribution in [0.15, 0.2) is 60.7 Å². The third-order valence-corrected chi connectivity index (χ3v) is 4.72. The van der Waals surface area contributed by atoms with Crippen LogP contribution in [-0.4, -0.2) is 29.9 Å². The van der Waals surface area contributed by atoms with E-state index in [-0.39, 0.29) is 24.3 Å². The van der Waals surface area contributed by atoms with Gasteiger partial charge in [-0.05, 0) is 42.3 Å². The van der Waals surface area contributed by atoms with Gasteiger partial charge in [0.15, 0.2) is 0 Å². The lowest BCUT2D eigenvalue weighted by Gasteiger charge is -2.14. The monoisotopic (exact) mass is 431 g/mol. The number of carbonyl (C=O) groups is 2. The molecular weight excluding hydrogens is 409 g/mol. The van der Waals surface area contributed by atoms with E-state index in [4.69, 9.17) is 5.73 Å². The summed E-state index contributed by atoms with van der Waals surface area (Å²) in [5.74, 6) is -0.916. The van der Waals surface area contributed by atoms with Crippen molar-refractivity contribution < 1.29 is 14.0 Å². The molecule has 4 N–H and O–H groups in total. The van der Waals surface area contributed by atoms with Gasteiger partial charge in [0.1, 0.15) is 11.6 Å². The van der Waals surface area contributed by atoms with Crippen molar-refractivity contribution in [2.75, 3.05) is 18.4 Å². The molecule has 2 aromatic carbocycles. The van der Waals surface area contributed by atoms with E-state index in [9.17, 15) is 19.2 Å². The van der Waals surface area contributed by atoms with E-state index in [1.807, 2.05) is 6.07 Å². The highest BCUT2D eigenvalue weighted by Gasteiger charge is 2.15. The molecule has 1 heterocycles. The Labute approximate surface area is 185 Å². The van der Waals surface area contributed by atoms with Gasteiger partial charge < -0.3 is 16.4 Å². The number of nitrogens with one attached hydrogen (secondary N) is 2.